The van der Waals surface area contributed by atoms with E-state index in [-0.39, 0.29) is 11.7 Å². The van der Waals surface area contributed by atoms with Crippen LogP contribution in [-0.4, -0.2) is 13.9 Å². The van der Waals surface area contributed by atoms with E-state index >= 15 is 0 Å². The average Bonchev–Trinajstić information content (AvgIpc) is 2.25. The number of nitrogens with zero attached hydrogens (tertiary/aromatic N) is 1. The molecule has 0 spiro atoms. The first-order valence-electron chi connectivity index (χ1n) is 4.22. The summed E-state index contributed by atoms with van der Waals surface area (Å²) in [5.41, 5.74) is -5.51. The van der Waals surface area contributed by atoms with E-state index in [0.717, 1.165) is 0 Å². The molecule has 9 heteroatoms. The first-order chi connectivity index (χ1) is 7.78. The highest BCUT2D eigenvalue weighted by atomic mass is 32.2. The van der Waals surface area contributed by atoms with Crippen LogP contribution in [-0.2, 0) is 14.3 Å². The molecular formula is C9H9F3N2O3S. The Balaban J connectivity index is 0.00000289. The molecule has 1 unspecified atom stereocenters. The molecule has 100 valence electrons. The minimum absolute atomic E-state index is 0. The summed E-state index contributed by atoms with van der Waals surface area (Å²) in [7, 11) is -5.78. The third-order valence-corrected chi connectivity index (χ3v) is 2.74. The zero-order valence-electron chi connectivity index (χ0n) is 8.89. The van der Waals surface area contributed by atoms with Gasteiger partial charge in [0.1, 0.15) is 6.07 Å². The molecule has 1 aromatic carbocycles. The lowest BCUT2D eigenvalue weighted by molar-refractivity contribution is -0.0558. The molecule has 0 bridgehead atoms. The molecule has 18 heavy (non-hydrogen) atoms. The van der Waals surface area contributed by atoms with Crippen LogP contribution in [0.15, 0.2) is 30.3 Å². The Morgan fingerprint density at radius 3 is 2.11 bits per heavy atom. The second-order valence-corrected chi connectivity index (χ2v) is 4.48. The van der Waals surface area contributed by atoms with Gasteiger partial charge in [-0.15, -0.1) is 0 Å². The molecule has 0 aliphatic rings. The molecule has 0 aliphatic carbocycles. The largest absolute Gasteiger partial charge is 0.523 e. The predicted molar refractivity (Wildman–Crippen MR) is 55.9 cm³/mol. The monoisotopic (exact) mass is 282 g/mol. The van der Waals surface area contributed by atoms with Crippen LogP contribution in [0.1, 0.15) is 11.7 Å². The summed E-state index contributed by atoms with van der Waals surface area (Å²) >= 11 is 0. The molecule has 1 atom stereocenters. The van der Waals surface area contributed by atoms with Crippen LogP contribution in [0.3, 0.4) is 0 Å². The number of nitriles is 1. The molecule has 0 aliphatic heterocycles. The molecule has 1 rings (SSSR count). The van der Waals surface area contributed by atoms with E-state index in [2.05, 4.69) is 4.18 Å². The van der Waals surface area contributed by atoms with E-state index < -0.39 is 21.7 Å². The summed E-state index contributed by atoms with van der Waals surface area (Å²) in [6.45, 7) is 0. The van der Waals surface area contributed by atoms with Crippen molar-refractivity contribution in [3.05, 3.63) is 35.9 Å². The van der Waals surface area contributed by atoms with Crippen molar-refractivity contribution in [1.29, 1.82) is 5.26 Å². The third kappa shape index (κ3) is 3.69. The molecule has 0 saturated heterocycles. The molecule has 5 nitrogen and oxygen atoms in total. The smallest absolute Gasteiger partial charge is 0.344 e. The van der Waals surface area contributed by atoms with E-state index in [0.29, 0.717) is 0 Å². The maximum atomic E-state index is 12.0. The number of hydrogen-bond acceptors (Lipinski definition) is 5. The summed E-state index contributed by atoms with van der Waals surface area (Å²) in [6, 6.07) is 8.39. The van der Waals surface area contributed by atoms with Crippen molar-refractivity contribution >= 4 is 10.1 Å². The summed E-state index contributed by atoms with van der Waals surface area (Å²) in [4.78, 5) is 0. The number of alkyl halides is 3. The van der Waals surface area contributed by atoms with Crippen LogP contribution < -0.4 is 6.15 Å². The van der Waals surface area contributed by atoms with E-state index in [1.165, 1.54) is 30.3 Å². The fourth-order valence-corrected chi connectivity index (χ4v) is 1.48. The second kappa shape index (κ2) is 5.81. The molecule has 0 fully saturated rings. The number of benzene rings is 1. The minimum atomic E-state index is -5.78. The Labute approximate surface area is 101 Å². The van der Waals surface area contributed by atoms with Gasteiger partial charge in [-0.3, -0.25) is 0 Å². The highest BCUT2D eigenvalue weighted by molar-refractivity contribution is 7.87. The van der Waals surface area contributed by atoms with Crippen molar-refractivity contribution in [2.24, 2.45) is 0 Å². The first kappa shape index (κ1) is 16.4. The Bertz CT molecular complexity index is 522. The van der Waals surface area contributed by atoms with Gasteiger partial charge in [-0.2, -0.15) is 26.9 Å². The van der Waals surface area contributed by atoms with E-state index in [1.807, 2.05) is 0 Å². The van der Waals surface area contributed by atoms with Crippen molar-refractivity contribution in [3.8, 4) is 6.07 Å². The van der Waals surface area contributed by atoms with Crippen molar-refractivity contribution < 1.29 is 25.8 Å². The van der Waals surface area contributed by atoms with Crippen molar-refractivity contribution in [3.63, 3.8) is 0 Å². The Hall–Kier alpha value is -1.63. The standard InChI is InChI=1S/C9H6F3NO3S.H3N/c10-9(11,12)17(14,15)16-8(6-13)7-4-2-1-3-5-7;/h1-5,8H;1H3. The molecule has 0 saturated carbocycles. The van der Waals surface area contributed by atoms with Gasteiger partial charge in [0.2, 0.25) is 0 Å². The van der Waals surface area contributed by atoms with Gasteiger partial charge in [0, 0.05) is 0 Å². The van der Waals surface area contributed by atoms with E-state index in [4.69, 9.17) is 5.26 Å². The number of rotatable bonds is 3. The molecule has 1 aromatic rings. The maximum Gasteiger partial charge on any atom is 0.523 e. The fraction of sp³-hybridized carbons (Fsp3) is 0.222. The quantitative estimate of drug-likeness (QED) is 0.676. The lowest BCUT2D eigenvalue weighted by Gasteiger charge is -2.12. The van der Waals surface area contributed by atoms with Gasteiger partial charge >= 0.3 is 15.6 Å². The SMILES string of the molecule is N.N#CC(OS(=O)(=O)C(F)(F)F)c1ccccc1. The van der Waals surface area contributed by atoms with Gasteiger partial charge in [-0.05, 0) is 5.56 Å². The van der Waals surface area contributed by atoms with Crippen molar-refractivity contribution in [2.75, 3.05) is 0 Å². The van der Waals surface area contributed by atoms with Gasteiger partial charge in [0.15, 0.2) is 6.10 Å². The van der Waals surface area contributed by atoms with Gasteiger partial charge in [0.25, 0.3) is 0 Å². The maximum absolute atomic E-state index is 12.0. The Morgan fingerprint density at radius 2 is 1.72 bits per heavy atom. The van der Waals surface area contributed by atoms with Crippen LogP contribution in [0.25, 0.3) is 0 Å². The highest BCUT2D eigenvalue weighted by Crippen LogP contribution is 2.29. The van der Waals surface area contributed by atoms with Crippen molar-refractivity contribution in [1.82, 2.24) is 6.15 Å². The fourth-order valence-electron chi connectivity index (χ4n) is 0.961. The predicted octanol–water partition coefficient (Wildman–Crippen LogP) is 2.28. The molecule has 0 radical (unpaired) electrons. The summed E-state index contributed by atoms with van der Waals surface area (Å²) < 4.78 is 61.3. The first-order valence-corrected chi connectivity index (χ1v) is 5.63. The zero-order chi connectivity index (χ0) is 13.1. The van der Waals surface area contributed by atoms with Crippen LogP contribution >= 0.6 is 0 Å². The minimum Gasteiger partial charge on any atom is -0.344 e. The van der Waals surface area contributed by atoms with Crippen LogP contribution in [0.4, 0.5) is 13.2 Å². The lowest BCUT2D eigenvalue weighted by Crippen LogP contribution is -2.26. The normalized spacial score (nSPS) is 13.2. The van der Waals surface area contributed by atoms with E-state index in [1.54, 1.807) is 6.07 Å². The molecule has 0 heterocycles. The van der Waals surface area contributed by atoms with Crippen LogP contribution in [0.5, 0.6) is 0 Å². The van der Waals surface area contributed by atoms with Gasteiger partial charge in [-0.25, -0.2) is 4.18 Å². The van der Waals surface area contributed by atoms with Crippen LogP contribution in [0, 0.1) is 11.3 Å². The van der Waals surface area contributed by atoms with E-state index in [9.17, 15) is 21.6 Å². The zero-order valence-corrected chi connectivity index (χ0v) is 9.70. The summed E-state index contributed by atoms with van der Waals surface area (Å²) in [5.74, 6) is 0. The molecular weight excluding hydrogens is 273 g/mol. The van der Waals surface area contributed by atoms with Crippen molar-refractivity contribution in [2.45, 2.75) is 11.6 Å². The topological polar surface area (TPSA) is 102 Å². The molecule has 0 aromatic heterocycles. The van der Waals surface area contributed by atoms with Gasteiger partial charge < -0.3 is 6.15 Å². The molecule has 0 amide bonds. The van der Waals surface area contributed by atoms with Gasteiger partial charge in [0.05, 0.1) is 0 Å². The van der Waals surface area contributed by atoms with Crippen LogP contribution in [0.2, 0.25) is 0 Å². The van der Waals surface area contributed by atoms with Gasteiger partial charge in [-0.1, -0.05) is 30.3 Å². The number of hydrogen-bond donors (Lipinski definition) is 1. The average molecular weight is 282 g/mol. The second-order valence-electron chi connectivity index (χ2n) is 2.92. The number of halogens is 3. The summed E-state index contributed by atoms with van der Waals surface area (Å²) in [5, 5.41) is 8.60. The lowest BCUT2D eigenvalue weighted by atomic mass is 10.1. The Kier molecular flexibility index (Phi) is 5.29. The molecule has 3 N–H and O–H groups in total. The third-order valence-electron chi connectivity index (χ3n) is 1.73. The highest BCUT2D eigenvalue weighted by Gasteiger charge is 2.48. The summed E-state index contributed by atoms with van der Waals surface area (Å²) in [6.07, 6.45) is -1.82. The Morgan fingerprint density at radius 1 is 1.22 bits per heavy atom.